The lowest BCUT2D eigenvalue weighted by Crippen LogP contribution is -2.19. The molecular formula is C6H9Cl2. The van der Waals surface area contributed by atoms with E-state index < -0.39 is 0 Å². The van der Waals surface area contributed by atoms with Crippen LogP contribution in [-0.2, 0) is 0 Å². The summed E-state index contributed by atoms with van der Waals surface area (Å²) in [6.45, 7) is 0. The van der Waals surface area contributed by atoms with Crippen molar-refractivity contribution < 1.29 is 0 Å². The second-order valence-electron chi connectivity index (χ2n) is 2.13. The van der Waals surface area contributed by atoms with E-state index in [0.29, 0.717) is 0 Å². The monoisotopic (exact) mass is 151 g/mol. The van der Waals surface area contributed by atoms with Crippen molar-refractivity contribution in [2.75, 3.05) is 0 Å². The van der Waals surface area contributed by atoms with Crippen molar-refractivity contribution in [2.24, 2.45) is 0 Å². The minimum absolute atomic E-state index is 0.186. The van der Waals surface area contributed by atoms with Gasteiger partial charge in [0.2, 0.25) is 0 Å². The van der Waals surface area contributed by atoms with Gasteiger partial charge in [-0.25, -0.2) is 0 Å². The lowest BCUT2D eigenvalue weighted by Gasteiger charge is -2.20. The molecule has 0 saturated heterocycles. The van der Waals surface area contributed by atoms with E-state index >= 15 is 0 Å². The Kier molecular flexibility index (Phi) is 2.45. The topological polar surface area (TPSA) is 0 Å². The Balaban J connectivity index is 2.28. The van der Waals surface area contributed by atoms with Gasteiger partial charge in [-0.2, -0.15) is 0 Å². The summed E-state index contributed by atoms with van der Waals surface area (Å²) in [6.07, 6.45) is 5.37. The van der Waals surface area contributed by atoms with Crippen molar-refractivity contribution in [1.29, 1.82) is 0 Å². The summed E-state index contributed by atoms with van der Waals surface area (Å²) < 4.78 is 0. The van der Waals surface area contributed by atoms with Crippen molar-refractivity contribution in [3.63, 3.8) is 0 Å². The fourth-order valence-corrected chi connectivity index (χ4v) is 1.36. The van der Waals surface area contributed by atoms with Crippen LogP contribution in [0.2, 0.25) is 0 Å². The highest BCUT2D eigenvalue weighted by atomic mass is 35.5. The molecule has 8 heavy (non-hydrogen) atoms. The minimum Gasteiger partial charge on any atom is -0.121 e. The summed E-state index contributed by atoms with van der Waals surface area (Å²) in [7, 11) is 0. The average molecular weight is 152 g/mol. The lowest BCUT2D eigenvalue weighted by atomic mass is 10.00. The van der Waals surface area contributed by atoms with Crippen LogP contribution in [0.15, 0.2) is 0 Å². The largest absolute Gasteiger partial charge is 0.121 e. The molecule has 2 unspecified atom stereocenters. The third kappa shape index (κ3) is 1.53. The third-order valence-electron chi connectivity index (χ3n) is 1.43. The molecule has 1 aliphatic rings. The molecule has 47 valence electrons. The standard InChI is InChI=1S/C6H9Cl2/c7-5-3-1-2-4-6(5)8/h1,5-6H,2-4H2. The molecule has 0 aromatic rings. The van der Waals surface area contributed by atoms with Gasteiger partial charge in [0.15, 0.2) is 0 Å². The van der Waals surface area contributed by atoms with Crippen LogP contribution in [0.5, 0.6) is 0 Å². The van der Waals surface area contributed by atoms with E-state index in [1.165, 1.54) is 0 Å². The molecule has 2 atom stereocenters. The number of rotatable bonds is 0. The second-order valence-corrected chi connectivity index (χ2v) is 3.25. The molecule has 0 amide bonds. The van der Waals surface area contributed by atoms with Crippen molar-refractivity contribution >= 4 is 23.2 Å². The molecule has 0 aliphatic heterocycles. The second kappa shape index (κ2) is 2.93. The van der Waals surface area contributed by atoms with Crippen molar-refractivity contribution in [2.45, 2.75) is 30.0 Å². The summed E-state index contributed by atoms with van der Waals surface area (Å²) in [5.41, 5.74) is 0. The first-order chi connectivity index (χ1) is 3.80. The quantitative estimate of drug-likeness (QED) is 0.468. The van der Waals surface area contributed by atoms with Crippen LogP contribution in [0.1, 0.15) is 19.3 Å². The summed E-state index contributed by atoms with van der Waals surface area (Å²) >= 11 is 11.6. The van der Waals surface area contributed by atoms with E-state index in [1.807, 2.05) is 0 Å². The van der Waals surface area contributed by atoms with Gasteiger partial charge in [0.25, 0.3) is 0 Å². The van der Waals surface area contributed by atoms with E-state index in [4.69, 9.17) is 23.2 Å². The predicted molar refractivity (Wildman–Crippen MR) is 37.4 cm³/mol. The van der Waals surface area contributed by atoms with Crippen LogP contribution in [0, 0.1) is 6.42 Å². The summed E-state index contributed by atoms with van der Waals surface area (Å²) in [4.78, 5) is 0. The molecule has 1 saturated carbocycles. The summed E-state index contributed by atoms with van der Waals surface area (Å²) in [5, 5.41) is 0.395. The van der Waals surface area contributed by atoms with E-state index in [0.717, 1.165) is 19.3 Å². The molecule has 1 fully saturated rings. The highest BCUT2D eigenvalue weighted by Crippen LogP contribution is 2.26. The maximum atomic E-state index is 5.82. The Morgan fingerprint density at radius 2 is 2.00 bits per heavy atom. The van der Waals surface area contributed by atoms with Crippen LogP contribution >= 0.6 is 23.2 Å². The Hall–Kier alpha value is 0.580. The molecule has 0 nitrogen and oxygen atoms in total. The first-order valence-electron chi connectivity index (χ1n) is 2.90. The Bertz CT molecular complexity index is 62.9. The van der Waals surface area contributed by atoms with Gasteiger partial charge < -0.3 is 0 Å². The van der Waals surface area contributed by atoms with E-state index in [2.05, 4.69) is 6.42 Å². The van der Waals surface area contributed by atoms with Gasteiger partial charge in [-0.1, -0.05) is 0 Å². The van der Waals surface area contributed by atoms with Gasteiger partial charge in [-0.05, 0) is 25.7 Å². The van der Waals surface area contributed by atoms with Crippen molar-refractivity contribution in [3.8, 4) is 0 Å². The minimum atomic E-state index is 0.186. The van der Waals surface area contributed by atoms with E-state index in [1.54, 1.807) is 0 Å². The van der Waals surface area contributed by atoms with Crippen molar-refractivity contribution in [1.82, 2.24) is 0 Å². The van der Waals surface area contributed by atoms with Gasteiger partial charge in [0, 0.05) is 5.38 Å². The van der Waals surface area contributed by atoms with Crippen LogP contribution in [0.4, 0.5) is 0 Å². The Morgan fingerprint density at radius 3 is 2.38 bits per heavy atom. The zero-order chi connectivity index (χ0) is 5.98. The van der Waals surface area contributed by atoms with Gasteiger partial charge in [0.1, 0.15) is 0 Å². The van der Waals surface area contributed by atoms with Crippen LogP contribution in [0.25, 0.3) is 0 Å². The first-order valence-corrected chi connectivity index (χ1v) is 3.78. The molecule has 0 N–H and O–H groups in total. The van der Waals surface area contributed by atoms with Crippen LogP contribution in [0.3, 0.4) is 0 Å². The predicted octanol–water partition coefficient (Wildman–Crippen LogP) is 2.59. The van der Waals surface area contributed by atoms with E-state index in [-0.39, 0.29) is 10.8 Å². The van der Waals surface area contributed by atoms with Gasteiger partial charge in [-0.3, -0.25) is 0 Å². The van der Waals surface area contributed by atoms with Gasteiger partial charge in [0.05, 0.1) is 5.38 Å². The van der Waals surface area contributed by atoms with E-state index in [9.17, 15) is 0 Å². The molecule has 0 aromatic carbocycles. The third-order valence-corrected chi connectivity index (χ3v) is 2.56. The number of halogens is 2. The van der Waals surface area contributed by atoms with Crippen molar-refractivity contribution in [3.05, 3.63) is 6.42 Å². The molecule has 0 aromatic heterocycles. The Morgan fingerprint density at radius 1 is 1.25 bits per heavy atom. The maximum Gasteiger partial charge on any atom is 0.0502 e. The number of hydrogen-bond donors (Lipinski definition) is 0. The zero-order valence-corrected chi connectivity index (χ0v) is 6.12. The molecule has 1 aliphatic carbocycles. The van der Waals surface area contributed by atoms with Crippen LogP contribution < -0.4 is 0 Å². The molecule has 0 heterocycles. The fraction of sp³-hybridized carbons (Fsp3) is 0.833. The molecule has 0 spiro atoms. The highest BCUT2D eigenvalue weighted by molar-refractivity contribution is 6.30. The molecule has 2 heteroatoms. The Labute approximate surface area is 60.2 Å². The van der Waals surface area contributed by atoms with Gasteiger partial charge >= 0.3 is 0 Å². The summed E-state index contributed by atoms with van der Waals surface area (Å²) in [5.74, 6) is 0. The average Bonchev–Trinajstić information content (AvgIpc) is 1.77. The molecule has 1 rings (SSSR count). The van der Waals surface area contributed by atoms with Gasteiger partial charge in [-0.15, -0.1) is 23.2 Å². The lowest BCUT2D eigenvalue weighted by molar-refractivity contribution is 0.608. The maximum absolute atomic E-state index is 5.82. The number of hydrogen-bond acceptors (Lipinski definition) is 0. The first kappa shape index (κ1) is 6.70. The molecule has 1 radical (unpaired) electrons. The normalized spacial score (nSPS) is 39.8. The zero-order valence-electron chi connectivity index (χ0n) is 4.61. The number of alkyl halides is 2. The SMILES string of the molecule is ClC1C[CH]CCC1Cl. The molecular weight excluding hydrogens is 143 g/mol. The summed E-state index contributed by atoms with van der Waals surface area (Å²) in [6, 6.07) is 0. The highest BCUT2D eigenvalue weighted by Gasteiger charge is 2.19. The fourth-order valence-electron chi connectivity index (χ4n) is 0.883. The molecule has 0 bridgehead atoms. The van der Waals surface area contributed by atoms with Crippen LogP contribution in [-0.4, -0.2) is 10.8 Å². The smallest absolute Gasteiger partial charge is 0.0502 e.